The summed E-state index contributed by atoms with van der Waals surface area (Å²) in [5.41, 5.74) is 2.04. The van der Waals surface area contributed by atoms with Gasteiger partial charge in [-0.1, -0.05) is 31.4 Å². The molecule has 1 aliphatic rings. The van der Waals surface area contributed by atoms with E-state index in [0.717, 1.165) is 35.8 Å². The number of nitrogens with zero attached hydrogens (tertiary/aromatic N) is 2. The van der Waals surface area contributed by atoms with E-state index in [1.54, 1.807) is 0 Å². The molecule has 0 spiro atoms. The highest BCUT2D eigenvalue weighted by Crippen LogP contribution is 2.45. The van der Waals surface area contributed by atoms with Crippen LogP contribution in [-0.2, 0) is 19.4 Å². The normalized spacial score (nSPS) is 16.8. The molecule has 0 unspecified atom stereocenters. The van der Waals surface area contributed by atoms with E-state index in [0.29, 0.717) is 17.7 Å². The van der Waals surface area contributed by atoms with Crippen LogP contribution in [0, 0.1) is 11.3 Å². The second kappa shape index (κ2) is 7.57. The van der Waals surface area contributed by atoms with Gasteiger partial charge in [0.2, 0.25) is 0 Å². The maximum Gasteiger partial charge on any atom is 0.0850 e. The number of hydrogen-bond donors (Lipinski definition) is 0. The molecule has 120 valence electrons. The van der Waals surface area contributed by atoms with Crippen molar-refractivity contribution in [3.8, 4) is 0 Å². The summed E-state index contributed by atoms with van der Waals surface area (Å²) in [5, 5.41) is 5.44. The molecule has 0 bridgehead atoms. The molecule has 5 heteroatoms. The van der Waals surface area contributed by atoms with Gasteiger partial charge in [0.15, 0.2) is 0 Å². The molecule has 0 saturated heterocycles. The Bertz CT molecular complexity index is 460. The zero-order chi connectivity index (χ0) is 15.5. The van der Waals surface area contributed by atoms with Gasteiger partial charge in [0.1, 0.15) is 0 Å². The van der Waals surface area contributed by atoms with E-state index in [4.69, 9.17) is 34.8 Å². The first-order valence-electron chi connectivity index (χ1n) is 7.97. The Balaban J connectivity index is 2.34. The predicted molar refractivity (Wildman–Crippen MR) is 91.8 cm³/mol. The Kier molecular flexibility index (Phi) is 6.28. The third kappa shape index (κ3) is 3.38. The fraction of sp³-hybridized carbons (Fsp3) is 0.812. The van der Waals surface area contributed by atoms with Gasteiger partial charge in [-0.05, 0) is 38.5 Å². The Morgan fingerprint density at radius 3 is 2.29 bits per heavy atom. The van der Waals surface area contributed by atoms with Crippen LogP contribution in [0.15, 0.2) is 0 Å². The fourth-order valence-corrected chi connectivity index (χ4v) is 4.80. The Morgan fingerprint density at radius 1 is 1.19 bits per heavy atom. The van der Waals surface area contributed by atoms with Crippen molar-refractivity contribution < 1.29 is 0 Å². The maximum absolute atomic E-state index is 6.57. The van der Waals surface area contributed by atoms with Gasteiger partial charge in [-0.3, -0.25) is 4.68 Å². The summed E-state index contributed by atoms with van der Waals surface area (Å²) in [6, 6.07) is 0. The fourth-order valence-electron chi connectivity index (χ4n) is 3.55. The smallest absolute Gasteiger partial charge is 0.0850 e. The van der Waals surface area contributed by atoms with Crippen LogP contribution >= 0.6 is 34.8 Å². The van der Waals surface area contributed by atoms with Gasteiger partial charge in [0.25, 0.3) is 0 Å². The number of aromatic nitrogens is 2. The monoisotopic (exact) mass is 350 g/mol. The van der Waals surface area contributed by atoms with Crippen LogP contribution in [0.4, 0.5) is 0 Å². The summed E-state index contributed by atoms with van der Waals surface area (Å²) in [7, 11) is 0. The zero-order valence-corrected chi connectivity index (χ0v) is 15.2. The van der Waals surface area contributed by atoms with Gasteiger partial charge in [0.05, 0.1) is 16.4 Å². The lowest BCUT2D eigenvalue weighted by Crippen LogP contribution is -2.36. The molecule has 1 aliphatic carbocycles. The molecule has 1 aromatic rings. The van der Waals surface area contributed by atoms with Crippen LogP contribution in [0.3, 0.4) is 0 Å². The van der Waals surface area contributed by atoms with Gasteiger partial charge in [0, 0.05) is 23.7 Å². The molecule has 0 atom stereocenters. The predicted octanol–water partition coefficient (Wildman–Crippen LogP) is 5.32. The molecule has 1 fully saturated rings. The van der Waals surface area contributed by atoms with Crippen LogP contribution in [0.5, 0.6) is 0 Å². The first kappa shape index (κ1) is 17.4. The van der Waals surface area contributed by atoms with E-state index in [1.807, 2.05) is 4.68 Å². The van der Waals surface area contributed by atoms with Gasteiger partial charge in [-0.2, -0.15) is 5.10 Å². The first-order valence-corrected chi connectivity index (χ1v) is 9.42. The van der Waals surface area contributed by atoms with E-state index in [9.17, 15) is 0 Å². The molecule has 1 heterocycles. The second-order valence-electron chi connectivity index (χ2n) is 6.16. The zero-order valence-electron chi connectivity index (χ0n) is 13.0. The standard InChI is InChI=1S/C16H25Cl3N2/c1-3-13-15(19)14(21(4-2)20-13)9-16(10-17,11-18)12-7-5-6-8-12/h12H,3-11H2,1-2H3. The molecular weight excluding hydrogens is 327 g/mol. The van der Waals surface area contributed by atoms with E-state index in [1.165, 1.54) is 25.7 Å². The topological polar surface area (TPSA) is 17.8 Å². The van der Waals surface area contributed by atoms with Crippen LogP contribution in [0.1, 0.15) is 50.9 Å². The third-order valence-corrected chi connectivity index (χ3v) is 6.47. The molecule has 0 amide bonds. The number of aryl methyl sites for hydroxylation is 2. The molecule has 0 aromatic carbocycles. The number of alkyl halides is 2. The van der Waals surface area contributed by atoms with Gasteiger partial charge < -0.3 is 0 Å². The molecule has 21 heavy (non-hydrogen) atoms. The van der Waals surface area contributed by atoms with Crippen molar-refractivity contribution in [2.24, 2.45) is 11.3 Å². The van der Waals surface area contributed by atoms with Gasteiger partial charge in [-0.25, -0.2) is 0 Å². The van der Waals surface area contributed by atoms with E-state index < -0.39 is 0 Å². The molecular formula is C16H25Cl3N2. The number of hydrogen-bond acceptors (Lipinski definition) is 1. The van der Waals surface area contributed by atoms with Crippen molar-refractivity contribution in [3.63, 3.8) is 0 Å². The average Bonchev–Trinajstić information content (AvgIpc) is 3.14. The highest BCUT2D eigenvalue weighted by molar-refractivity contribution is 6.32. The minimum absolute atomic E-state index is 0.0543. The Hall–Kier alpha value is 0.0800. The lowest BCUT2D eigenvalue weighted by molar-refractivity contribution is 0.220. The maximum atomic E-state index is 6.57. The van der Waals surface area contributed by atoms with Crippen molar-refractivity contribution in [1.29, 1.82) is 0 Å². The van der Waals surface area contributed by atoms with Crippen LogP contribution in [0.2, 0.25) is 5.02 Å². The van der Waals surface area contributed by atoms with E-state index in [-0.39, 0.29) is 5.41 Å². The average molecular weight is 352 g/mol. The first-order chi connectivity index (χ1) is 10.1. The Morgan fingerprint density at radius 2 is 1.81 bits per heavy atom. The van der Waals surface area contributed by atoms with Crippen molar-refractivity contribution in [1.82, 2.24) is 9.78 Å². The Labute approximate surface area is 143 Å². The minimum Gasteiger partial charge on any atom is -0.268 e. The third-order valence-electron chi connectivity index (χ3n) is 4.97. The summed E-state index contributed by atoms with van der Waals surface area (Å²) in [6.07, 6.45) is 6.75. The van der Waals surface area contributed by atoms with Gasteiger partial charge in [-0.15, -0.1) is 23.2 Å². The molecule has 0 aliphatic heterocycles. The summed E-state index contributed by atoms with van der Waals surface area (Å²) in [5.74, 6) is 1.79. The largest absolute Gasteiger partial charge is 0.268 e. The number of rotatable bonds is 7. The quantitative estimate of drug-likeness (QED) is 0.608. The van der Waals surface area contributed by atoms with Gasteiger partial charge >= 0.3 is 0 Å². The lowest BCUT2D eigenvalue weighted by atomic mass is 9.74. The highest BCUT2D eigenvalue weighted by Gasteiger charge is 2.40. The van der Waals surface area contributed by atoms with Crippen LogP contribution < -0.4 is 0 Å². The second-order valence-corrected chi connectivity index (χ2v) is 7.08. The minimum atomic E-state index is -0.0543. The summed E-state index contributed by atoms with van der Waals surface area (Å²) in [4.78, 5) is 0. The summed E-state index contributed by atoms with van der Waals surface area (Å²) < 4.78 is 2.03. The molecule has 1 aromatic heterocycles. The number of halogens is 3. The van der Waals surface area contributed by atoms with Crippen LogP contribution in [0.25, 0.3) is 0 Å². The lowest BCUT2D eigenvalue weighted by Gasteiger charge is -2.36. The molecule has 2 rings (SSSR count). The van der Waals surface area contributed by atoms with Crippen molar-refractivity contribution >= 4 is 34.8 Å². The van der Waals surface area contributed by atoms with Crippen LogP contribution in [-0.4, -0.2) is 21.5 Å². The van der Waals surface area contributed by atoms with E-state index >= 15 is 0 Å². The molecule has 1 saturated carbocycles. The molecule has 2 nitrogen and oxygen atoms in total. The highest BCUT2D eigenvalue weighted by atomic mass is 35.5. The SMILES string of the molecule is CCc1nn(CC)c(CC(CCl)(CCl)C2CCCC2)c1Cl. The van der Waals surface area contributed by atoms with Crippen molar-refractivity contribution in [2.75, 3.05) is 11.8 Å². The molecule has 0 N–H and O–H groups in total. The van der Waals surface area contributed by atoms with Crippen molar-refractivity contribution in [3.05, 3.63) is 16.4 Å². The summed E-state index contributed by atoms with van der Waals surface area (Å²) in [6.45, 7) is 5.02. The van der Waals surface area contributed by atoms with E-state index in [2.05, 4.69) is 18.9 Å². The van der Waals surface area contributed by atoms with Crippen molar-refractivity contribution in [2.45, 2.75) is 58.9 Å². The molecule has 0 radical (unpaired) electrons. The summed E-state index contributed by atoms with van der Waals surface area (Å²) >= 11 is 19.3.